The van der Waals surface area contributed by atoms with Gasteiger partial charge in [0.2, 0.25) is 0 Å². The maximum atomic E-state index is 12.0. The first-order valence-electron chi connectivity index (χ1n) is 5.72. The third-order valence-electron chi connectivity index (χ3n) is 2.72. The summed E-state index contributed by atoms with van der Waals surface area (Å²) in [4.78, 5) is 13.1. The number of hydrogen-bond donors (Lipinski definition) is 1. The molecule has 0 spiro atoms. The quantitative estimate of drug-likeness (QED) is 0.779. The van der Waals surface area contributed by atoms with Gasteiger partial charge in [-0.25, -0.2) is 0 Å². The molecular weight excluding hydrogens is 326 g/mol. The number of halogens is 1. The van der Waals surface area contributed by atoms with Gasteiger partial charge in [-0.3, -0.25) is 4.79 Å². The molecule has 0 radical (unpaired) electrons. The van der Waals surface area contributed by atoms with Crippen molar-refractivity contribution in [2.75, 3.05) is 0 Å². The highest BCUT2D eigenvalue weighted by Gasteiger charge is 2.13. The van der Waals surface area contributed by atoms with Gasteiger partial charge in [0, 0.05) is 10.3 Å². The van der Waals surface area contributed by atoms with E-state index in [1.54, 1.807) is 17.4 Å². The van der Waals surface area contributed by atoms with Crippen molar-refractivity contribution in [3.63, 3.8) is 0 Å². The Morgan fingerprint density at radius 3 is 2.95 bits per heavy atom. The second kappa shape index (κ2) is 5.19. The fraction of sp³-hybridized carbons (Fsp3) is 0.0714. The highest BCUT2D eigenvalue weighted by molar-refractivity contribution is 9.10. The molecule has 0 saturated carbocycles. The summed E-state index contributed by atoms with van der Waals surface area (Å²) in [5.41, 5.74) is 0.698. The van der Waals surface area contributed by atoms with Crippen LogP contribution in [0.4, 0.5) is 0 Å². The van der Waals surface area contributed by atoms with Crippen LogP contribution in [0.1, 0.15) is 15.4 Å². The summed E-state index contributed by atoms with van der Waals surface area (Å²) in [7, 11) is 0. The predicted molar refractivity (Wildman–Crippen MR) is 79.4 cm³/mol. The molecule has 2 aromatic heterocycles. The van der Waals surface area contributed by atoms with Crippen LogP contribution in [0, 0.1) is 0 Å². The van der Waals surface area contributed by atoms with Crippen LogP contribution in [0.25, 0.3) is 11.0 Å². The van der Waals surface area contributed by atoms with Crippen molar-refractivity contribution in [2.24, 2.45) is 0 Å². The molecule has 5 heteroatoms. The number of amides is 1. The van der Waals surface area contributed by atoms with Gasteiger partial charge < -0.3 is 9.73 Å². The Morgan fingerprint density at radius 1 is 1.32 bits per heavy atom. The van der Waals surface area contributed by atoms with Gasteiger partial charge in [-0.2, -0.15) is 0 Å². The molecule has 1 amide bonds. The summed E-state index contributed by atoms with van der Waals surface area (Å²) in [6.45, 7) is 0.523. The maximum Gasteiger partial charge on any atom is 0.287 e. The zero-order valence-electron chi connectivity index (χ0n) is 9.85. The Morgan fingerprint density at radius 2 is 2.21 bits per heavy atom. The number of nitrogens with one attached hydrogen (secondary N) is 1. The van der Waals surface area contributed by atoms with Gasteiger partial charge in [-0.15, -0.1) is 11.3 Å². The smallest absolute Gasteiger partial charge is 0.287 e. The summed E-state index contributed by atoms with van der Waals surface area (Å²) >= 11 is 5.02. The summed E-state index contributed by atoms with van der Waals surface area (Å²) in [5.74, 6) is 0.134. The average molecular weight is 336 g/mol. The zero-order chi connectivity index (χ0) is 13.2. The van der Waals surface area contributed by atoms with Crippen LogP contribution in [0.2, 0.25) is 0 Å². The van der Waals surface area contributed by atoms with E-state index >= 15 is 0 Å². The highest BCUT2D eigenvalue weighted by atomic mass is 79.9. The van der Waals surface area contributed by atoms with Gasteiger partial charge in [-0.1, -0.05) is 18.2 Å². The number of hydrogen-bond acceptors (Lipinski definition) is 3. The van der Waals surface area contributed by atoms with Crippen LogP contribution in [-0.4, -0.2) is 5.91 Å². The molecule has 3 rings (SSSR count). The van der Waals surface area contributed by atoms with Crippen LogP contribution < -0.4 is 5.32 Å². The Hall–Kier alpha value is -1.59. The maximum absolute atomic E-state index is 12.0. The number of furan rings is 1. The largest absolute Gasteiger partial charge is 0.450 e. The van der Waals surface area contributed by atoms with Crippen LogP contribution in [0.15, 0.2) is 50.7 Å². The van der Waals surface area contributed by atoms with Crippen molar-refractivity contribution in [3.05, 3.63) is 56.9 Å². The predicted octanol–water partition coefficient (Wildman–Crippen LogP) is 4.19. The molecule has 1 aromatic carbocycles. The van der Waals surface area contributed by atoms with Crippen molar-refractivity contribution < 1.29 is 9.21 Å². The monoisotopic (exact) mass is 335 g/mol. The molecule has 0 aliphatic rings. The number of carbonyl (C=O) groups excluding carboxylic acids is 1. The minimum Gasteiger partial charge on any atom is -0.450 e. The average Bonchev–Trinajstić information content (AvgIpc) is 3.05. The molecule has 19 heavy (non-hydrogen) atoms. The Bertz CT molecular complexity index is 718. The third-order valence-corrected chi connectivity index (χ3v) is 4.22. The van der Waals surface area contributed by atoms with E-state index in [0.29, 0.717) is 17.9 Å². The Balaban J connectivity index is 1.80. The van der Waals surface area contributed by atoms with Gasteiger partial charge >= 0.3 is 0 Å². The normalized spacial score (nSPS) is 10.8. The number of fused-ring (bicyclic) bond motifs is 1. The minimum absolute atomic E-state index is 0.198. The molecule has 3 nitrogen and oxygen atoms in total. The van der Waals surface area contributed by atoms with Crippen LogP contribution in [-0.2, 0) is 6.54 Å². The number of thiophene rings is 1. The minimum atomic E-state index is -0.198. The van der Waals surface area contributed by atoms with E-state index in [9.17, 15) is 4.79 Å². The van der Waals surface area contributed by atoms with Crippen molar-refractivity contribution in [1.29, 1.82) is 0 Å². The lowest BCUT2D eigenvalue weighted by Crippen LogP contribution is -2.21. The van der Waals surface area contributed by atoms with Gasteiger partial charge in [0.1, 0.15) is 5.58 Å². The SMILES string of the molecule is O=C(NCc1cccs1)c1cc2cccc(Br)c2o1. The third kappa shape index (κ3) is 2.57. The molecule has 96 valence electrons. The van der Waals surface area contributed by atoms with Crippen molar-refractivity contribution in [2.45, 2.75) is 6.54 Å². The molecule has 2 heterocycles. The molecule has 0 unspecified atom stereocenters. The van der Waals surface area contributed by atoms with E-state index in [2.05, 4.69) is 21.2 Å². The Labute approximate surface area is 122 Å². The fourth-order valence-corrected chi connectivity index (χ4v) is 2.91. The van der Waals surface area contributed by atoms with E-state index in [1.165, 1.54) is 0 Å². The molecular formula is C14H10BrNO2S. The first kappa shape index (κ1) is 12.4. The van der Waals surface area contributed by atoms with E-state index in [-0.39, 0.29) is 5.91 Å². The van der Waals surface area contributed by atoms with Crippen LogP contribution >= 0.6 is 27.3 Å². The topological polar surface area (TPSA) is 42.2 Å². The summed E-state index contributed by atoms with van der Waals surface area (Å²) < 4.78 is 6.42. The fourth-order valence-electron chi connectivity index (χ4n) is 1.81. The standard InChI is InChI=1S/C14H10BrNO2S/c15-11-5-1-3-9-7-12(18-13(9)11)14(17)16-8-10-4-2-6-19-10/h1-7H,8H2,(H,16,17). The number of para-hydroxylation sites is 1. The van der Waals surface area contributed by atoms with Gasteiger partial charge in [0.15, 0.2) is 5.76 Å². The van der Waals surface area contributed by atoms with E-state index in [0.717, 1.165) is 14.7 Å². The van der Waals surface area contributed by atoms with Gasteiger partial charge in [-0.05, 0) is 39.5 Å². The number of rotatable bonds is 3. The van der Waals surface area contributed by atoms with E-state index in [4.69, 9.17) is 4.42 Å². The lowest BCUT2D eigenvalue weighted by Gasteiger charge is -1.99. The zero-order valence-corrected chi connectivity index (χ0v) is 12.3. The first-order chi connectivity index (χ1) is 9.24. The molecule has 0 atom stereocenters. The summed E-state index contributed by atoms with van der Waals surface area (Å²) in [6.07, 6.45) is 0. The Kier molecular flexibility index (Phi) is 3.40. The molecule has 0 aliphatic carbocycles. The van der Waals surface area contributed by atoms with Crippen LogP contribution in [0.3, 0.4) is 0 Å². The lowest BCUT2D eigenvalue weighted by atomic mass is 10.2. The van der Waals surface area contributed by atoms with Crippen molar-refractivity contribution in [1.82, 2.24) is 5.32 Å². The summed E-state index contributed by atoms with van der Waals surface area (Å²) in [6, 6.07) is 11.4. The second-order valence-electron chi connectivity index (χ2n) is 4.03. The second-order valence-corrected chi connectivity index (χ2v) is 5.92. The molecule has 0 fully saturated rings. The highest BCUT2D eigenvalue weighted by Crippen LogP contribution is 2.26. The number of benzene rings is 1. The molecule has 0 bridgehead atoms. The van der Waals surface area contributed by atoms with Crippen molar-refractivity contribution in [3.8, 4) is 0 Å². The summed E-state index contributed by atoms with van der Waals surface area (Å²) in [5, 5.41) is 5.74. The number of carbonyl (C=O) groups is 1. The molecule has 1 N–H and O–H groups in total. The lowest BCUT2D eigenvalue weighted by molar-refractivity contribution is 0.0925. The molecule has 0 aliphatic heterocycles. The molecule has 3 aromatic rings. The van der Waals surface area contributed by atoms with Gasteiger partial charge in [0.05, 0.1) is 11.0 Å². The van der Waals surface area contributed by atoms with Crippen LogP contribution in [0.5, 0.6) is 0 Å². The van der Waals surface area contributed by atoms with E-state index < -0.39 is 0 Å². The van der Waals surface area contributed by atoms with Crippen molar-refractivity contribution >= 4 is 44.1 Å². The molecule has 0 saturated heterocycles. The van der Waals surface area contributed by atoms with E-state index in [1.807, 2.05) is 35.7 Å². The van der Waals surface area contributed by atoms with Gasteiger partial charge in [0.25, 0.3) is 5.91 Å². The first-order valence-corrected chi connectivity index (χ1v) is 7.40.